The fraction of sp³-hybridized carbons (Fsp3) is 0.286. The van der Waals surface area contributed by atoms with Crippen LogP contribution in [0, 0.1) is 0 Å². The summed E-state index contributed by atoms with van der Waals surface area (Å²) in [5.41, 5.74) is 0.934. The van der Waals surface area contributed by atoms with Crippen LogP contribution in [0.2, 0.25) is 0 Å². The van der Waals surface area contributed by atoms with Gasteiger partial charge in [-0.15, -0.1) is 0 Å². The van der Waals surface area contributed by atoms with E-state index in [4.69, 9.17) is 9.15 Å². The van der Waals surface area contributed by atoms with Gasteiger partial charge in [0.2, 0.25) is 0 Å². The second kappa shape index (κ2) is 5.14. The number of carbonyl (C=O) groups is 1. The summed E-state index contributed by atoms with van der Waals surface area (Å²) in [5, 5.41) is 0.573. The molecule has 1 aromatic heterocycles. The maximum atomic E-state index is 11.8. The maximum Gasteiger partial charge on any atom is 0.339 e. The highest BCUT2D eigenvalue weighted by Gasteiger charge is 2.14. The van der Waals surface area contributed by atoms with Crippen LogP contribution in [0.15, 0.2) is 33.5 Å². The Kier molecular flexibility index (Phi) is 3.55. The van der Waals surface area contributed by atoms with Crippen molar-refractivity contribution in [1.82, 2.24) is 0 Å². The fourth-order valence-electron chi connectivity index (χ4n) is 1.81. The minimum absolute atomic E-state index is 0.235. The minimum Gasteiger partial charge on any atom is -0.462 e. The smallest absolute Gasteiger partial charge is 0.339 e. The fourth-order valence-corrected chi connectivity index (χ4v) is 1.81. The first kappa shape index (κ1) is 13.1. The van der Waals surface area contributed by atoms with Gasteiger partial charge in [-0.25, -0.2) is 9.59 Å². The van der Waals surface area contributed by atoms with E-state index in [1.165, 1.54) is 0 Å². The van der Waals surface area contributed by atoms with Crippen molar-refractivity contribution in [2.75, 3.05) is 25.6 Å². The Hall–Kier alpha value is -2.30. The van der Waals surface area contributed by atoms with Crippen molar-refractivity contribution in [1.29, 1.82) is 0 Å². The van der Waals surface area contributed by atoms with Gasteiger partial charge in [0.25, 0.3) is 0 Å². The number of fused-ring (bicyclic) bond motifs is 1. The van der Waals surface area contributed by atoms with Crippen LogP contribution in [0.1, 0.15) is 17.3 Å². The Morgan fingerprint density at radius 2 is 2.05 bits per heavy atom. The SMILES string of the molecule is CCOC(=O)c1cc(=O)oc2cc(N(C)C)ccc12. The van der Waals surface area contributed by atoms with Crippen LogP contribution in [0.5, 0.6) is 0 Å². The number of esters is 1. The minimum atomic E-state index is -0.563. The third kappa shape index (κ3) is 2.59. The molecule has 1 heterocycles. The highest BCUT2D eigenvalue weighted by molar-refractivity contribution is 6.03. The first-order valence-electron chi connectivity index (χ1n) is 5.95. The van der Waals surface area contributed by atoms with Crippen molar-refractivity contribution in [3.63, 3.8) is 0 Å². The molecule has 5 nitrogen and oxygen atoms in total. The van der Waals surface area contributed by atoms with E-state index in [0.717, 1.165) is 11.8 Å². The molecule has 0 spiro atoms. The molecule has 0 amide bonds. The summed E-state index contributed by atoms with van der Waals surface area (Å²) in [6, 6.07) is 6.49. The second-order valence-corrected chi connectivity index (χ2v) is 4.27. The summed E-state index contributed by atoms with van der Waals surface area (Å²) in [4.78, 5) is 25.2. The third-order valence-corrected chi connectivity index (χ3v) is 2.74. The molecule has 0 unspecified atom stereocenters. The van der Waals surface area contributed by atoms with E-state index >= 15 is 0 Å². The molecule has 1 aromatic carbocycles. The largest absolute Gasteiger partial charge is 0.462 e. The summed E-state index contributed by atoms with van der Waals surface area (Å²) in [6.07, 6.45) is 0. The predicted octanol–water partition coefficient (Wildman–Crippen LogP) is 2.04. The zero-order chi connectivity index (χ0) is 14.0. The van der Waals surface area contributed by atoms with Gasteiger partial charge in [-0.2, -0.15) is 0 Å². The summed E-state index contributed by atoms with van der Waals surface area (Å²) in [5.74, 6) is -0.516. The van der Waals surface area contributed by atoms with E-state index in [-0.39, 0.29) is 12.2 Å². The van der Waals surface area contributed by atoms with Gasteiger partial charge >= 0.3 is 11.6 Å². The van der Waals surface area contributed by atoms with Gasteiger partial charge in [-0.1, -0.05) is 0 Å². The molecule has 5 heteroatoms. The zero-order valence-corrected chi connectivity index (χ0v) is 11.1. The quantitative estimate of drug-likeness (QED) is 0.625. The number of nitrogens with zero attached hydrogens (tertiary/aromatic N) is 1. The van der Waals surface area contributed by atoms with Crippen molar-refractivity contribution in [2.24, 2.45) is 0 Å². The van der Waals surface area contributed by atoms with Crippen molar-refractivity contribution in [3.05, 3.63) is 40.2 Å². The van der Waals surface area contributed by atoms with E-state index < -0.39 is 11.6 Å². The Morgan fingerprint density at radius 1 is 1.32 bits per heavy atom. The van der Waals surface area contributed by atoms with Crippen LogP contribution in [0.4, 0.5) is 5.69 Å². The lowest BCUT2D eigenvalue weighted by atomic mass is 10.1. The number of benzene rings is 1. The summed E-state index contributed by atoms with van der Waals surface area (Å²) in [7, 11) is 3.77. The van der Waals surface area contributed by atoms with Crippen LogP contribution in [0.3, 0.4) is 0 Å². The highest BCUT2D eigenvalue weighted by atomic mass is 16.5. The molecule has 100 valence electrons. The zero-order valence-electron chi connectivity index (χ0n) is 11.1. The van der Waals surface area contributed by atoms with Crippen LogP contribution < -0.4 is 10.5 Å². The molecule has 0 radical (unpaired) electrons. The van der Waals surface area contributed by atoms with Crippen LogP contribution in [0.25, 0.3) is 11.0 Å². The van der Waals surface area contributed by atoms with Gasteiger partial charge in [0.05, 0.1) is 12.2 Å². The average molecular weight is 261 g/mol. The van der Waals surface area contributed by atoms with Crippen LogP contribution in [-0.2, 0) is 4.74 Å². The molecule has 0 bridgehead atoms. The molecule has 19 heavy (non-hydrogen) atoms. The van der Waals surface area contributed by atoms with Gasteiger partial charge in [-0.05, 0) is 19.1 Å². The van der Waals surface area contributed by atoms with E-state index in [9.17, 15) is 9.59 Å². The molecule has 0 atom stereocenters. The second-order valence-electron chi connectivity index (χ2n) is 4.27. The highest BCUT2D eigenvalue weighted by Crippen LogP contribution is 2.23. The molecule has 0 aliphatic rings. The van der Waals surface area contributed by atoms with Crippen LogP contribution in [-0.4, -0.2) is 26.7 Å². The lowest BCUT2D eigenvalue weighted by Gasteiger charge is -2.13. The Balaban J connectivity index is 2.65. The molecule has 2 rings (SSSR count). The Labute approximate surface area is 110 Å². The van der Waals surface area contributed by atoms with Crippen molar-refractivity contribution >= 4 is 22.6 Å². The first-order chi connectivity index (χ1) is 9.02. The van der Waals surface area contributed by atoms with Gasteiger partial charge in [0, 0.05) is 37.3 Å². The van der Waals surface area contributed by atoms with Crippen LogP contribution >= 0.6 is 0 Å². The standard InChI is InChI=1S/C14H15NO4/c1-4-18-14(17)11-8-13(16)19-12-7-9(15(2)3)5-6-10(11)12/h5-8H,4H2,1-3H3. The van der Waals surface area contributed by atoms with Gasteiger partial charge in [0.1, 0.15) is 5.58 Å². The average Bonchev–Trinajstić information content (AvgIpc) is 2.37. The Bertz CT molecular complexity index is 673. The summed E-state index contributed by atoms with van der Waals surface area (Å²) < 4.78 is 10.1. The predicted molar refractivity (Wildman–Crippen MR) is 72.8 cm³/mol. The lowest BCUT2D eigenvalue weighted by molar-refractivity contribution is 0.0528. The maximum absolute atomic E-state index is 11.8. The normalized spacial score (nSPS) is 10.5. The number of ether oxygens (including phenoxy) is 1. The van der Waals surface area contributed by atoms with E-state index in [1.807, 2.05) is 25.1 Å². The van der Waals surface area contributed by atoms with Crippen molar-refractivity contribution in [3.8, 4) is 0 Å². The van der Waals surface area contributed by atoms with E-state index in [2.05, 4.69) is 0 Å². The third-order valence-electron chi connectivity index (χ3n) is 2.74. The number of anilines is 1. The molecular formula is C14H15NO4. The number of rotatable bonds is 3. The van der Waals surface area contributed by atoms with Gasteiger partial charge < -0.3 is 14.1 Å². The van der Waals surface area contributed by atoms with E-state index in [1.54, 1.807) is 19.1 Å². The molecule has 2 aromatic rings. The molecule has 0 N–H and O–H groups in total. The monoisotopic (exact) mass is 261 g/mol. The molecule has 0 saturated heterocycles. The van der Waals surface area contributed by atoms with Crippen molar-refractivity contribution < 1.29 is 13.9 Å². The molecule has 0 saturated carbocycles. The number of hydrogen-bond donors (Lipinski definition) is 0. The Morgan fingerprint density at radius 3 is 2.68 bits per heavy atom. The van der Waals surface area contributed by atoms with Gasteiger partial charge in [-0.3, -0.25) is 0 Å². The summed E-state index contributed by atoms with van der Waals surface area (Å²) in [6.45, 7) is 1.98. The topological polar surface area (TPSA) is 59.8 Å². The van der Waals surface area contributed by atoms with E-state index in [0.29, 0.717) is 11.0 Å². The molecular weight excluding hydrogens is 246 g/mol. The molecule has 0 fully saturated rings. The van der Waals surface area contributed by atoms with Gasteiger partial charge in [0.15, 0.2) is 0 Å². The molecule has 0 aliphatic carbocycles. The number of carbonyl (C=O) groups excluding carboxylic acids is 1. The van der Waals surface area contributed by atoms with Crippen molar-refractivity contribution in [2.45, 2.75) is 6.92 Å². The first-order valence-corrected chi connectivity index (χ1v) is 5.95. The number of hydrogen-bond acceptors (Lipinski definition) is 5. The lowest BCUT2D eigenvalue weighted by Crippen LogP contribution is -2.11. The summed E-state index contributed by atoms with van der Waals surface area (Å²) >= 11 is 0. The molecule has 0 aliphatic heterocycles.